The van der Waals surface area contributed by atoms with Gasteiger partial charge < -0.3 is 19.9 Å². The highest BCUT2D eigenvalue weighted by Crippen LogP contribution is 2.49. The molecule has 2 N–H and O–H groups in total. The first-order valence-electron chi connectivity index (χ1n) is 10.6. The number of hydrogen-bond donors (Lipinski definition) is 2. The van der Waals surface area contributed by atoms with Gasteiger partial charge in [0.25, 0.3) is 0 Å². The fraction of sp³-hybridized carbons (Fsp3) is 0.480. The fourth-order valence-corrected chi connectivity index (χ4v) is 4.52. The Morgan fingerprint density at radius 2 is 1.87 bits per heavy atom. The van der Waals surface area contributed by atoms with E-state index in [2.05, 4.69) is 58.1 Å². The minimum absolute atomic E-state index is 0.201. The van der Waals surface area contributed by atoms with Crippen molar-refractivity contribution in [3.05, 3.63) is 46.5 Å². The van der Waals surface area contributed by atoms with Crippen LogP contribution in [0.25, 0.3) is 11.1 Å². The largest absolute Gasteiger partial charge is 0.496 e. The van der Waals surface area contributed by atoms with Crippen LogP contribution in [0.2, 0.25) is 0 Å². The first-order valence-corrected chi connectivity index (χ1v) is 10.6. The van der Waals surface area contributed by atoms with Crippen LogP contribution in [0.1, 0.15) is 61.9 Å². The molecule has 0 aliphatic heterocycles. The van der Waals surface area contributed by atoms with E-state index in [0.717, 1.165) is 70.7 Å². The molecule has 0 bridgehead atoms. The van der Waals surface area contributed by atoms with Gasteiger partial charge in [-0.05, 0) is 84.2 Å². The average Bonchev–Trinajstić information content (AvgIpc) is 2.91. The van der Waals surface area contributed by atoms with E-state index in [1.54, 1.807) is 7.11 Å². The zero-order chi connectivity index (χ0) is 22.1. The molecular weight excluding hydrogens is 378 g/mol. The second-order valence-corrected chi connectivity index (χ2v) is 8.94. The predicted octanol–water partition coefficient (Wildman–Crippen LogP) is 6.05. The van der Waals surface area contributed by atoms with E-state index in [1.807, 2.05) is 6.07 Å². The first-order chi connectivity index (χ1) is 14.2. The van der Waals surface area contributed by atoms with E-state index in [4.69, 9.17) is 9.47 Å². The molecular formula is C25H33NO4. The molecule has 1 atom stereocenters. The maximum Gasteiger partial charge on any atom is 0.405 e. The van der Waals surface area contributed by atoms with Gasteiger partial charge in [-0.15, -0.1) is 0 Å². The van der Waals surface area contributed by atoms with Gasteiger partial charge in [0, 0.05) is 5.56 Å². The Kier molecular flexibility index (Phi) is 6.30. The summed E-state index contributed by atoms with van der Waals surface area (Å²) in [5, 5.41) is 12.0. The van der Waals surface area contributed by atoms with Gasteiger partial charge in [0.05, 0.1) is 19.8 Å². The molecule has 0 heterocycles. The number of benzene rings is 2. The van der Waals surface area contributed by atoms with Gasteiger partial charge in [-0.2, -0.15) is 0 Å². The summed E-state index contributed by atoms with van der Waals surface area (Å²) in [5.41, 5.74) is 6.27. The SMILES string of the molecule is CCCCOc1c(C)cc(-c2cc3c(cc2OC)C(NC(=O)O)C(C)(C)C3)cc1C. The Morgan fingerprint density at radius 1 is 1.20 bits per heavy atom. The summed E-state index contributed by atoms with van der Waals surface area (Å²) in [4.78, 5) is 11.3. The summed E-state index contributed by atoms with van der Waals surface area (Å²) in [5.74, 6) is 1.71. The number of fused-ring (bicyclic) bond motifs is 1. The third kappa shape index (κ3) is 4.25. The summed E-state index contributed by atoms with van der Waals surface area (Å²) >= 11 is 0. The number of unbranched alkanes of at least 4 members (excludes halogenated alkanes) is 1. The van der Waals surface area contributed by atoms with Crippen molar-refractivity contribution < 1.29 is 19.4 Å². The average molecular weight is 412 g/mol. The molecule has 0 saturated heterocycles. The molecule has 0 saturated carbocycles. The van der Waals surface area contributed by atoms with Gasteiger partial charge in [-0.1, -0.05) is 27.2 Å². The fourth-order valence-electron chi connectivity index (χ4n) is 4.52. The Morgan fingerprint density at radius 3 is 2.43 bits per heavy atom. The van der Waals surface area contributed by atoms with Crippen LogP contribution in [-0.2, 0) is 6.42 Å². The van der Waals surface area contributed by atoms with Gasteiger partial charge in [-0.25, -0.2) is 4.79 Å². The zero-order valence-electron chi connectivity index (χ0n) is 18.9. The number of carboxylic acid groups (broad SMARTS) is 1. The number of methoxy groups -OCH3 is 1. The molecule has 2 aromatic rings. The molecule has 5 heteroatoms. The maximum atomic E-state index is 11.3. The maximum absolute atomic E-state index is 11.3. The van der Waals surface area contributed by atoms with Crippen LogP contribution in [-0.4, -0.2) is 24.9 Å². The molecule has 0 aromatic heterocycles. The molecule has 1 unspecified atom stereocenters. The van der Waals surface area contributed by atoms with Gasteiger partial charge >= 0.3 is 6.09 Å². The van der Waals surface area contributed by atoms with E-state index in [1.165, 1.54) is 0 Å². The van der Waals surface area contributed by atoms with Crippen molar-refractivity contribution in [2.75, 3.05) is 13.7 Å². The summed E-state index contributed by atoms with van der Waals surface area (Å²) in [7, 11) is 1.66. The molecule has 1 aliphatic rings. The monoisotopic (exact) mass is 411 g/mol. The lowest BCUT2D eigenvalue weighted by molar-refractivity contribution is 0.175. The Labute approximate surface area is 179 Å². The van der Waals surface area contributed by atoms with E-state index in [0.29, 0.717) is 0 Å². The minimum atomic E-state index is -1.01. The molecule has 30 heavy (non-hydrogen) atoms. The smallest absolute Gasteiger partial charge is 0.405 e. The van der Waals surface area contributed by atoms with Crippen LogP contribution < -0.4 is 14.8 Å². The molecule has 1 amide bonds. The standard InChI is InChI=1S/C25H33NO4/c1-7-8-9-30-22-15(2)10-17(11-16(22)3)19-12-18-14-25(4,5)23(26-24(27)28)20(18)13-21(19)29-6/h10-13,23,26H,7-9,14H2,1-6H3,(H,27,28). The first kappa shape index (κ1) is 22.0. The highest BCUT2D eigenvalue weighted by Gasteiger charge is 2.40. The van der Waals surface area contributed by atoms with Crippen LogP contribution in [0.5, 0.6) is 11.5 Å². The summed E-state index contributed by atoms with van der Waals surface area (Å²) < 4.78 is 11.7. The number of carbonyl (C=O) groups is 1. The van der Waals surface area contributed by atoms with E-state index in [-0.39, 0.29) is 11.5 Å². The highest BCUT2D eigenvalue weighted by molar-refractivity contribution is 5.75. The molecule has 0 fully saturated rings. The van der Waals surface area contributed by atoms with Crippen LogP contribution in [0.3, 0.4) is 0 Å². The summed E-state index contributed by atoms with van der Waals surface area (Å²) in [6, 6.07) is 8.18. The van der Waals surface area contributed by atoms with Gasteiger partial charge in [0.2, 0.25) is 0 Å². The highest BCUT2D eigenvalue weighted by atomic mass is 16.5. The molecule has 1 aliphatic carbocycles. The van der Waals surface area contributed by atoms with Crippen LogP contribution in [0.15, 0.2) is 24.3 Å². The summed E-state index contributed by atoms with van der Waals surface area (Å²) in [6.45, 7) is 11.2. The molecule has 0 radical (unpaired) electrons. The van der Waals surface area contributed by atoms with Crippen LogP contribution in [0.4, 0.5) is 4.79 Å². The number of ether oxygens (including phenoxy) is 2. The van der Waals surface area contributed by atoms with Crippen molar-refractivity contribution in [2.45, 2.75) is 59.9 Å². The summed E-state index contributed by atoms with van der Waals surface area (Å²) in [6.07, 6.45) is 1.95. The third-order valence-corrected chi connectivity index (χ3v) is 5.98. The Hall–Kier alpha value is -2.69. The van der Waals surface area contributed by atoms with Crippen molar-refractivity contribution in [1.29, 1.82) is 0 Å². The predicted molar refractivity (Wildman–Crippen MR) is 120 cm³/mol. The minimum Gasteiger partial charge on any atom is -0.496 e. The number of hydrogen-bond acceptors (Lipinski definition) is 3. The van der Waals surface area contributed by atoms with E-state index in [9.17, 15) is 9.90 Å². The topological polar surface area (TPSA) is 67.8 Å². The van der Waals surface area contributed by atoms with Crippen molar-refractivity contribution >= 4 is 6.09 Å². The van der Waals surface area contributed by atoms with E-state index < -0.39 is 6.09 Å². The number of amides is 1. The lowest BCUT2D eigenvalue weighted by atomic mass is 9.85. The lowest BCUT2D eigenvalue weighted by Crippen LogP contribution is -2.34. The number of aryl methyl sites for hydroxylation is 2. The lowest BCUT2D eigenvalue weighted by Gasteiger charge is -2.27. The zero-order valence-corrected chi connectivity index (χ0v) is 18.9. The van der Waals surface area contributed by atoms with E-state index >= 15 is 0 Å². The molecule has 5 nitrogen and oxygen atoms in total. The van der Waals surface area contributed by atoms with Crippen molar-refractivity contribution in [3.8, 4) is 22.6 Å². The molecule has 0 spiro atoms. The Balaban J connectivity index is 2.03. The van der Waals surface area contributed by atoms with Gasteiger partial charge in [0.15, 0.2) is 0 Å². The van der Waals surface area contributed by atoms with Crippen molar-refractivity contribution in [1.82, 2.24) is 5.32 Å². The van der Waals surface area contributed by atoms with Crippen LogP contribution >= 0.6 is 0 Å². The van der Waals surface area contributed by atoms with Crippen molar-refractivity contribution in [3.63, 3.8) is 0 Å². The number of nitrogens with one attached hydrogen (secondary N) is 1. The Bertz CT molecular complexity index is 925. The molecule has 162 valence electrons. The number of rotatable bonds is 7. The van der Waals surface area contributed by atoms with Crippen LogP contribution in [0, 0.1) is 19.3 Å². The second-order valence-electron chi connectivity index (χ2n) is 8.94. The molecule has 3 rings (SSSR count). The second kappa shape index (κ2) is 8.58. The van der Waals surface area contributed by atoms with Gasteiger partial charge in [0.1, 0.15) is 11.5 Å². The molecule has 2 aromatic carbocycles. The van der Waals surface area contributed by atoms with Gasteiger partial charge in [-0.3, -0.25) is 0 Å². The third-order valence-electron chi connectivity index (χ3n) is 5.98. The quantitative estimate of drug-likeness (QED) is 0.544. The normalized spacial score (nSPS) is 16.8. The van der Waals surface area contributed by atoms with Crippen molar-refractivity contribution in [2.24, 2.45) is 5.41 Å².